The third-order valence-electron chi connectivity index (χ3n) is 5.11. The van der Waals surface area contributed by atoms with Crippen LogP contribution in [0.25, 0.3) is 0 Å². The number of primary amides is 1. The maximum atomic E-state index is 14.7. The number of alkyl halides is 4. The number of nitrogens with two attached hydrogens (primary N) is 2. The summed E-state index contributed by atoms with van der Waals surface area (Å²) in [6, 6.07) is -0.0863. The summed E-state index contributed by atoms with van der Waals surface area (Å²) in [7, 11) is 0. The van der Waals surface area contributed by atoms with Crippen LogP contribution in [0.15, 0.2) is 62.5 Å². The number of nitriles is 1. The number of halogens is 6. The number of aliphatic imine (C=N–C) groups is 1. The molecule has 0 aromatic rings. The van der Waals surface area contributed by atoms with E-state index in [0.29, 0.717) is 0 Å². The number of nitrogens with one attached hydrogen (secondary N) is 1. The van der Waals surface area contributed by atoms with Crippen molar-refractivity contribution in [1.82, 2.24) is 5.32 Å². The van der Waals surface area contributed by atoms with Crippen LogP contribution in [-0.4, -0.2) is 36.4 Å². The molecule has 0 fully saturated rings. The predicted octanol–water partition coefficient (Wildman–Crippen LogP) is 2.52. The molecule has 0 radical (unpaired) electrons. The second-order valence-electron chi connectivity index (χ2n) is 7.05. The van der Waals surface area contributed by atoms with Gasteiger partial charge in [-0.05, 0) is 18.6 Å². The molecule has 2 heterocycles. The van der Waals surface area contributed by atoms with Gasteiger partial charge in [0.25, 0.3) is 5.91 Å². The summed E-state index contributed by atoms with van der Waals surface area (Å²) in [5, 5.41) is 11.5. The van der Waals surface area contributed by atoms with Crippen molar-refractivity contribution in [3.63, 3.8) is 0 Å². The van der Waals surface area contributed by atoms with Crippen molar-refractivity contribution < 1.29 is 35.9 Å². The standard InChI is InChI=1S/C19H15F6N5O2/c1-7-9(5-26)15(30-18(28,16(7)22)17(27)31)8-4-10(20)14(21)12(13(8)19(23,24)25)11-2-3-32-6-29-11/h2-3,6,10-11,30H,4,28H2,1H3,(H2,27,31). The van der Waals surface area contributed by atoms with E-state index >= 15 is 0 Å². The van der Waals surface area contributed by atoms with Gasteiger partial charge in [0.05, 0.1) is 23.1 Å². The summed E-state index contributed by atoms with van der Waals surface area (Å²) in [4.78, 5) is 15.4. The van der Waals surface area contributed by atoms with Crippen LogP contribution in [-0.2, 0) is 9.53 Å². The maximum Gasteiger partial charge on any atom is 0.417 e. The van der Waals surface area contributed by atoms with Crippen molar-refractivity contribution in [3.05, 3.63) is 57.6 Å². The Balaban J connectivity index is 2.38. The highest BCUT2D eigenvalue weighted by Gasteiger charge is 2.50. The first kappa shape index (κ1) is 23.1. The van der Waals surface area contributed by atoms with Crippen LogP contribution in [0, 0.1) is 11.3 Å². The fourth-order valence-corrected chi connectivity index (χ4v) is 3.58. The minimum absolute atomic E-state index is 0.576. The zero-order chi connectivity index (χ0) is 24.0. The van der Waals surface area contributed by atoms with Gasteiger partial charge in [0.15, 0.2) is 18.4 Å². The Hall–Kier alpha value is -3.53. The highest BCUT2D eigenvalue weighted by molar-refractivity contribution is 5.89. The van der Waals surface area contributed by atoms with Crippen molar-refractivity contribution >= 4 is 12.3 Å². The van der Waals surface area contributed by atoms with Gasteiger partial charge < -0.3 is 15.8 Å². The number of dihydropyridines is 1. The third-order valence-corrected chi connectivity index (χ3v) is 5.11. The van der Waals surface area contributed by atoms with E-state index in [9.17, 15) is 36.4 Å². The largest absolute Gasteiger partial charge is 0.454 e. The zero-order valence-electron chi connectivity index (χ0n) is 16.2. The first-order valence-corrected chi connectivity index (χ1v) is 8.91. The number of rotatable bonds is 3. The summed E-state index contributed by atoms with van der Waals surface area (Å²) in [5.74, 6) is -4.62. The molecule has 170 valence electrons. The van der Waals surface area contributed by atoms with E-state index < -0.39 is 81.6 Å². The lowest BCUT2D eigenvalue weighted by molar-refractivity contribution is -0.123. The van der Waals surface area contributed by atoms with Crippen LogP contribution in [0.4, 0.5) is 26.3 Å². The Morgan fingerprint density at radius 2 is 2.06 bits per heavy atom. The quantitative estimate of drug-likeness (QED) is 0.559. The molecular formula is C19H15F6N5O2. The number of hydrogen-bond donors (Lipinski definition) is 3. The first-order valence-electron chi connectivity index (χ1n) is 8.91. The molecule has 0 bridgehead atoms. The monoisotopic (exact) mass is 459 g/mol. The fraction of sp³-hybridized carbons (Fsp3) is 0.316. The zero-order valence-corrected chi connectivity index (χ0v) is 16.2. The van der Waals surface area contributed by atoms with Crippen molar-refractivity contribution in [1.29, 1.82) is 5.26 Å². The van der Waals surface area contributed by atoms with Crippen molar-refractivity contribution in [2.24, 2.45) is 16.5 Å². The second kappa shape index (κ2) is 7.86. The number of carbonyl (C=O) groups is 1. The molecule has 3 aliphatic rings. The normalized spacial score (nSPS) is 28.6. The average Bonchev–Trinajstić information content (AvgIpc) is 2.73. The van der Waals surface area contributed by atoms with Crippen LogP contribution in [0.3, 0.4) is 0 Å². The Kier molecular flexibility index (Phi) is 5.69. The van der Waals surface area contributed by atoms with E-state index in [1.54, 1.807) is 0 Å². The van der Waals surface area contributed by atoms with Crippen molar-refractivity contribution in [2.45, 2.75) is 37.4 Å². The lowest BCUT2D eigenvalue weighted by Gasteiger charge is -2.37. The molecule has 13 heteroatoms. The Bertz CT molecular complexity index is 1100. The lowest BCUT2D eigenvalue weighted by Crippen LogP contribution is -2.64. The van der Waals surface area contributed by atoms with Gasteiger partial charge in [-0.15, -0.1) is 0 Å². The molecule has 7 nitrogen and oxygen atoms in total. The number of hydrogen-bond acceptors (Lipinski definition) is 6. The minimum atomic E-state index is -5.27. The van der Waals surface area contributed by atoms with E-state index in [1.807, 2.05) is 5.32 Å². The van der Waals surface area contributed by atoms with Gasteiger partial charge in [-0.25, -0.2) is 18.2 Å². The Labute approximate surface area is 177 Å². The van der Waals surface area contributed by atoms with E-state index in [1.165, 1.54) is 6.07 Å². The number of carbonyl (C=O) groups excluding carboxylic acids is 1. The molecule has 5 N–H and O–H groups in total. The van der Waals surface area contributed by atoms with E-state index in [-0.39, 0.29) is 0 Å². The molecule has 0 spiro atoms. The molecule has 0 aromatic carbocycles. The average molecular weight is 459 g/mol. The number of allylic oxidation sites excluding steroid dienone is 4. The van der Waals surface area contributed by atoms with Gasteiger partial charge in [-0.2, -0.15) is 18.4 Å². The molecule has 0 saturated heterocycles. The third kappa shape index (κ3) is 3.56. The highest BCUT2D eigenvalue weighted by atomic mass is 19.4. The molecule has 3 atom stereocenters. The van der Waals surface area contributed by atoms with Crippen LogP contribution >= 0.6 is 0 Å². The minimum Gasteiger partial charge on any atom is -0.454 e. The molecule has 32 heavy (non-hydrogen) atoms. The van der Waals surface area contributed by atoms with Gasteiger partial charge in [-0.3, -0.25) is 10.5 Å². The predicted molar refractivity (Wildman–Crippen MR) is 98.9 cm³/mol. The second-order valence-corrected chi connectivity index (χ2v) is 7.05. The maximum absolute atomic E-state index is 14.7. The van der Waals surface area contributed by atoms with Gasteiger partial charge in [0.2, 0.25) is 5.66 Å². The number of nitrogens with zero attached hydrogens (tertiary/aromatic N) is 2. The van der Waals surface area contributed by atoms with Crippen molar-refractivity contribution in [3.8, 4) is 6.07 Å². The summed E-state index contributed by atoms with van der Waals surface area (Å²) < 4.78 is 91.2. The molecule has 0 saturated carbocycles. The Morgan fingerprint density at radius 3 is 2.56 bits per heavy atom. The smallest absolute Gasteiger partial charge is 0.417 e. The van der Waals surface area contributed by atoms with E-state index in [2.05, 4.69) is 9.73 Å². The summed E-state index contributed by atoms with van der Waals surface area (Å²) >= 11 is 0. The first-order chi connectivity index (χ1) is 14.8. The molecule has 1 aliphatic carbocycles. The van der Waals surface area contributed by atoms with Gasteiger partial charge in [0.1, 0.15) is 17.9 Å². The fourth-order valence-electron chi connectivity index (χ4n) is 3.58. The van der Waals surface area contributed by atoms with Crippen LogP contribution < -0.4 is 16.8 Å². The number of ether oxygens (including phenoxy) is 1. The molecule has 1 amide bonds. The van der Waals surface area contributed by atoms with Crippen LogP contribution in [0.2, 0.25) is 0 Å². The topological polar surface area (TPSA) is 127 Å². The van der Waals surface area contributed by atoms with Crippen molar-refractivity contribution in [2.75, 3.05) is 0 Å². The molecule has 3 rings (SSSR count). The molecule has 0 aromatic heterocycles. The molecule has 2 aliphatic heterocycles. The summed E-state index contributed by atoms with van der Waals surface area (Å²) in [6.45, 7) is 0.992. The molecular weight excluding hydrogens is 444 g/mol. The van der Waals surface area contributed by atoms with Gasteiger partial charge in [0, 0.05) is 17.6 Å². The summed E-state index contributed by atoms with van der Waals surface area (Å²) in [6.07, 6.45) is -6.35. The number of amides is 1. The van der Waals surface area contributed by atoms with Crippen LogP contribution in [0.5, 0.6) is 0 Å². The highest BCUT2D eigenvalue weighted by Crippen LogP contribution is 2.48. The summed E-state index contributed by atoms with van der Waals surface area (Å²) in [5.41, 5.74) is 2.18. The SMILES string of the molecule is CC1=C(F)C(N)(C(N)=O)NC(C2=C(C(F)(F)F)C(C3C=COC=N3)=C(F)C(F)C2)=C1C#N. The van der Waals surface area contributed by atoms with Gasteiger partial charge in [-0.1, -0.05) is 0 Å². The lowest BCUT2D eigenvalue weighted by atomic mass is 9.80. The Morgan fingerprint density at radius 1 is 1.41 bits per heavy atom. The van der Waals surface area contributed by atoms with E-state index in [4.69, 9.17) is 11.5 Å². The molecule has 3 unspecified atom stereocenters. The van der Waals surface area contributed by atoms with E-state index in [0.717, 1.165) is 25.7 Å². The van der Waals surface area contributed by atoms with Crippen LogP contribution in [0.1, 0.15) is 13.3 Å². The van der Waals surface area contributed by atoms with Gasteiger partial charge >= 0.3 is 6.18 Å².